The maximum absolute atomic E-state index is 9.63. The van der Waals surface area contributed by atoms with Crippen LogP contribution in [0.1, 0.15) is 56.9 Å². The Labute approximate surface area is 209 Å². The van der Waals surface area contributed by atoms with Gasteiger partial charge in [0.05, 0.1) is 0 Å². The smallest absolute Gasteiger partial charge is 0.144 e. The molecule has 188 valence electrons. The Morgan fingerprint density at radius 3 is 1.91 bits per heavy atom. The number of hydrogen-bond donors (Lipinski definition) is 0. The summed E-state index contributed by atoms with van der Waals surface area (Å²) in [5, 5.41) is 0. The second-order valence-corrected chi connectivity index (χ2v) is 9.89. The number of benzene rings is 2. The molecule has 0 saturated heterocycles. The highest BCUT2D eigenvalue weighted by Gasteiger charge is 2.12. The van der Waals surface area contributed by atoms with Crippen LogP contribution in [-0.2, 0) is 9.84 Å². The zero-order valence-electron chi connectivity index (χ0n) is 22.6. The van der Waals surface area contributed by atoms with Crippen molar-refractivity contribution in [2.45, 2.75) is 48.5 Å². The minimum Gasteiger partial charge on any atom is -0.489 e. The first-order valence-corrected chi connectivity index (χ1v) is 13.7. The van der Waals surface area contributed by atoms with Crippen LogP contribution < -0.4 is 4.74 Å². The van der Waals surface area contributed by atoms with Gasteiger partial charge in [-0.25, -0.2) is 8.42 Å². The van der Waals surface area contributed by atoms with E-state index < -0.39 is 9.84 Å². The van der Waals surface area contributed by atoms with Crippen LogP contribution in [0, 0.1) is 13.8 Å². The second kappa shape index (κ2) is 18.6. The highest BCUT2D eigenvalue weighted by molar-refractivity contribution is 7.89. The van der Waals surface area contributed by atoms with Gasteiger partial charge in [-0.2, -0.15) is 0 Å². The minimum absolute atomic E-state index is 0.654. The van der Waals surface area contributed by atoms with Gasteiger partial charge in [0.1, 0.15) is 22.2 Å². The summed E-state index contributed by atoms with van der Waals surface area (Å²) in [7, 11) is -2.67. The quantitative estimate of drug-likeness (QED) is 0.383. The fourth-order valence-electron chi connectivity index (χ4n) is 2.62. The Morgan fingerprint density at radius 2 is 1.41 bits per heavy atom. The highest BCUT2D eigenvalue weighted by Crippen LogP contribution is 2.33. The molecule has 3 nitrogen and oxygen atoms in total. The third-order valence-electron chi connectivity index (χ3n) is 4.00. The van der Waals surface area contributed by atoms with E-state index in [2.05, 4.69) is 88.5 Å². The lowest BCUT2D eigenvalue weighted by Gasteiger charge is -2.10. The van der Waals surface area contributed by atoms with Crippen molar-refractivity contribution in [1.29, 1.82) is 0 Å². The van der Waals surface area contributed by atoms with E-state index in [0.29, 0.717) is 6.61 Å². The molecule has 34 heavy (non-hydrogen) atoms. The number of sulfone groups is 1. The molecule has 2 aromatic rings. The summed E-state index contributed by atoms with van der Waals surface area (Å²) in [6.07, 6.45) is 10.8. The van der Waals surface area contributed by atoms with E-state index in [-0.39, 0.29) is 0 Å². The van der Waals surface area contributed by atoms with Gasteiger partial charge < -0.3 is 4.74 Å². The Balaban J connectivity index is 0. The van der Waals surface area contributed by atoms with Crippen LogP contribution in [-0.4, -0.2) is 27.5 Å². The zero-order valence-corrected chi connectivity index (χ0v) is 23.4. The molecule has 0 bridgehead atoms. The molecule has 0 radical (unpaired) electrons. The van der Waals surface area contributed by atoms with Crippen molar-refractivity contribution in [2.75, 3.05) is 19.1 Å². The maximum Gasteiger partial charge on any atom is 0.144 e. The SMILES string of the molecule is C/C=C\C.C=C.CC.CC1=C/C(=C\c2cccc(C)c2)c2ccc(C)cc2OC1.CS(C)(=O)=O. The van der Waals surface area contributed by atoms with Gasteiger partial charge in [-0.15, -0.1) is 13.2 Å². The largest absolute Gasteiger partial charge is 0.489 e. The summed E-state index contributed by atoms with van der Waals surface area (Å²) >= 11 is 0. The van der Waals surface area contributed by atoms with E-state index in [4.69, 9.17) is 4.74 Å². The molecular formula is C30H44O3S. The zero-order chi connectivity index (χ0) is 26.7. The molecule has 4 heteroatoms. The van der Waals surface area contributed by atoms with Crippen molar-refractivity contribution in [3.63, 3.8) is 0 Å². The van der Waals surface area contributed by atoms with Crippen LogP contribution in [0.3, 0.4) is 0 Å². The summed E-state index contributed by atoms with van der Waals surface area (Å²) in [6, 6.07) is 15.0. The Hall–Kier alpha value is -2.85. The van der Waals surface area contributed by atoms with Gasteiger partial charge in [0.25, 0.3) is 0 Å². The summed E-state index contributed by atoms with van der Waals surface area (Å²) < 4.78 is 25.2. The maximum atomic E-state index is 9.63. The third kappa shape index (κ3) is 15.9. The van der Waals surface area contributed by atoms with E-state index in [9.17, 15) is 8.42 Å². The van der Waals surface area contributed by atoms with E-state index >= 15 is 0 Å². The van der Waals surface area contributed by atoms with Gasteiger partial charge in [0, 0.05) is 18.1 Å². The number of fused-ring (bicyclic) bond motifs is 1. The highest BCUT2D eigenvalue weighted by atomic mass is 32.2. The van der Waals surface area contributed by atoms with E-state index in [1.807, 2.05) is 39.8 Å². The minimum atomic E-state index is -2.67. The van der Waals surface area contributed by atoms with Gasteiger partial charge >= 0.3 is 0 Å². The average Bonchev–Trinajstić information content (AvgIpc) is 2.94. The summed E-state index contributed by atoms with van der Waals surface area (Å²) in [5.41, 5.74) is 7.34. The summed E-state index contributed by atoms with van der Waals surface area (Å²) in [4.78, 5) is 0. The van der Waals surface area contributed by atoms with Gasteiger partial charge in [0.15, 0.2) is 0 Å². The first-order valence-electron chi connectivity index (χ1n) is 11.4. The Bertz CT molecular complexity index is 1030. The molecule has 0 unspecified atom stereocenters. The number of ether oxygens (including phenoxy) is 1. The third-order valence-corrected chi connectivity index (χ3v) is 4.00. The number of rotatable bonds is 1. The monoisotopic (exact) mass is 484 g/mol. The molecule has 0 atom stereocenters. The van der Waals surface area contributed by atoms with Crippen molar-refractivity contribution < 1.29 is 13.2 Å². The topological polar surface area (TPSA) is 43.4 Å². The molecule has 1 heterocycles. The molecule has 0 amide bonds. The van der Waals surface area contributed by atoms with Crippen LogP contribution >= 0.6 is 0 Å². The summed E-state index contributed by atoms with van der Waals surface area (Å²) in [5.74, 6) is 0.974. The number of aryl methyl sites for hydroxylation is 2. The number of allylic oxidation sites excluding steroid dienone is 4. The van der Waals surface area contributed by atoms with Crippen molar-refractivity contribution in [3.8, 4) is 5.75 Å². The fraction of sp³-hybridized carbons (Fsp3) is 0.333. The van der Waals surface area contributed by atoms with Crippen LogP contribution in [0.4, 0.5) is 0 Å². The summed E-state index contributed by atoms with van der Waals surface area (Å²) in [6.45, 7) is 21.0. The van der Waals surface area contributed by atoms with E-state index in [1.165, 1.54) is 33.4 Å². The molecule has 0 spiro atoms. The Morgan fingerprint density at radius 1 is 0.882 bits per heavy atom. The first kappa shape index (κ1) is 33.3. The van der Waals surface area contributed by atoms with Gasteiger partial charge in [-0.05, 0) is 69.0 Å². The molecule has 0 fully saturated rings. The van der Waals surface area contributed by atoms with Crippen LogP contribution in [0.25, 0.3) is 11.6 Å². The lowest BCUT2D eigenvalue weighted by atomic mass is 9.99. The number of hydrogen-bond acceptors (Lipinski definition) is 3. The molecule has 0 saturated carbocycles. The molecule has 0 N–H and O–H groups in total. The predicted molar refractivity (Wildman–Crippen MR) is 153 cm³/mol. The van der Waals surface area contributed by atoms with Gasteiger partial charge in [-0.3, -0.25) is 0 Å². The van der Waals surface area contributed by atoms with Gasteiger partial charge in [0.2, 0.25) is 0 Å². The van der Waals surface area contributed by atoms with Crippen LogP contribution in [0.2, 0.25) is 0 Å². The van der Waals surface area contributed by atoms with Crippen molar-refractivity contribution in [2.24, 2.45) is 0 Å². The Kier molecular flexibility index (Phi) is 18.2. The van der Waals surface area contributed by atoms with Crippen LogP contribution in [0.15, 0.2) is 79.4 Å². The fourth-order valence-corrected chi connectivity index (χ4v) is 2.62. The van der Waals surface area contributed by atoms with Crippen molar-refractivity contribution in [1.82, 2.24) is 0 Å². The second-order valence-electron chi connectivity index (χ2n) is 7.60. The van der Waals surface area contributed by atoms with E-state index in [0.717, 1.165) is 18.3 Å². The lowest BCUT2D eigenvalue weighted by molar-refractivity contribution is 0.353. The van der Waals surface area contributed by atoms with Crippen LogP contribution in [0.5, 0.6) is 5.75 Å². The molecule has 0 aromatic heterocycles. The molecule has 3 rings (SSSR count). The molecule has 1 aliphatic rings. The molecule has 2 aromatic carbocycles. The average molecular weight is 485 g/mol. The molecular weight excluding hydrogens is 440 g/mol. The molecule has 0 aliphatic carbocycles. The predicted octanol–water partition coefficient (Wildman–Crippen LogP) is 8.25. The van der Waals surface area contributed by atoms with E-state index in [1.54, 1.807) is 0 Å². The normalized spacial score (nSPS) is 13.0. The first-order chi connectivity index (χ1) is 16.0. The van der Waals surface area contributed by atoms with Crippen molar-refractivity contribution in [3.05, 3.63) is 102 Å². The van der Waals surface area contributed by atoms with Gasteiger partial charge in [-0.1, -0.05) is 74.0 Å². The molecule has 1 aliphatic heterocycles. The van der Waals surface area contributed by atoms with Crippen molar-refractivity contribution >= 4 is 21.5 Å². The standard InChI is InChI=1S/C20H20O.C4H8.C2H6O2S.C2H6.C2H4/c1-14-5-4-6-17(9-14)12-18-10-16(3)13-21-20-11-15(2)7-8-19(18)20;1-3-4-2;1-5(2,3)4;2*1-2/h4-12H,13H2,1-3H3;3-4H,1-2H3;1-2H3;1-2H3;1-2H2/b18-12+;4-3-;;;. The lowest BCUT2D eigenvalue weighted by Crippen LogP contribution is -1.97.